The van der Waals surface area contributed by atoms with Crippen molar-refractivity contribution in [2.24, 2.45) is 0 Å². The lowest BCUT2D eigenvalue weighted by atomic mass is 9.94. The Morgan fingerprint density at radius 2 is 2.14 bits per heavy atom. The summed E-state index contributed by atoms with van der Waals surface area (Å²) < 4.78 is 5.30. The van der Waals surface area contributed by atoms with Crippen LogP contribution in [0.25, 0.3) is 0 Å². The first-order chi connectivity index (χ1) is 6.45. The van der Waals surface area contributed by atoms with E-state index in [0.717, 1.165) is 0 Å². The molecule has 1 amide bonds. The first-order valence-electron chi connectivity index (χ1n) is 4.38. The molecule has 78 valence electrons. The second-order valence-corrected chi connectivity index (χ2v) is 3.98. The van der Waals surface area contributed by atoms with Gasteiger partial charge in [0.05, 0.1) is 6.20 Å². The number of nitrogens with one attached hydrogen (secondary N) is 2. The summed E-state index contributed by atoms with van der Waals surface area (Å²) in [4.78, 5) is 15.1. The van der Waals surface area contributed by atoms with Gasteiger partial charge in [-0.1, -0.05) is 20.8 Å². The van der Waals surface area contributed by atoms with E-state index in [1.807, 2.05) is 20.8 Å². The van der Waals surface area contributed by atoms with Crippen molar-refractivity contribution in [1.29, 1.82) is 0 Å². The van der Waals surface area contributed by atoms with Gasteiger partial charge in [0, 0.05) is 12.5 Å². The minimum absolute atomic E-state index is 0.0734. The van der Waals surface area contributed by atoms with Crippen LogP contribution in [-0.4, -0.2) is 17.9 Å². The van der Waals surface area contributed by atoms with Crippen LogP contribution in [0.2, 0.25) is 0 Å². The van der Waals surface area contributed by atoms with Gasteiger partial charge >= 0.3 is 5.91 Å². The number of aromatic nitrogens is 1. The largest absolute Gasteiger partial charge is 0.437 e. The van der Waals surface area contributed by atoms with Crippen molar-refractivity contribution < 1.29 is 9.21 Å². The van der Waals surface area contributed by atoms with Crippen LogP contribution in [-0.2, 0) is 5.41 Å². The average molecular weight is 197 g/mol. The Morgan fingerprint density at radius 1 is 1.50 bits per heavy atom. The van der Waals surface area contributed by atoms with Crippen LogP contribution in [0.15, 0.2) is 10.6 Å². The van der Waals surface area contributed by atoms with E-state index in [2.05, 4.69) is 15.8 Å². The molecule has 0 aliphatic carbocycles. The molecule has 0 saturated heterocycles. The first kappa shape index (κ1) is 10.7. The Morgan fingerprint density at radius 3 is 2.57 bits per heavy atom. The molecule has 0 aromatic carbocycles. The second-order valence-electron chi connectivity index (χ2n) is 3.98. The quantitative estimate of drug-likeness (QED) is 0.689. The van der Waals surface area contributed by atoms with Gasteiger partial charge in [0.25, 0.3) is 5.89 Å². The standard InChI is InChI=1S/C9H15N3O2/c1-9(2,3)6-5-11-8(14-6)7(13)12-10-4/h5,10H,1-4H3,(H,12,13). The Balaban J connectivity index is 2.83. The van der Waals surface area contributed by atoms with Gasteiger partial charge in [-0.25, -0.2) is 10.4 Å². The van der Waals surface area contributed by atoms with Gasteiger partial charge in [0.2, 0.25) is 0 Å². The van der Waals surface area contributed by atoms with E-state index < -0.39 is 0 Å². The van der Waals surface area contributed by atoms with Crippen molar-refractivity contribution in [3.8, 4) is 0 Å². The molecule has 0 spiro atoms. The number of hydrogen-bond donors (Lipinski definition) is 2. The average Bonchev–Trinajstić information content (AvgIpc) is 2.51. The molecule has 1 aromatic heterocycles. The van der Waals surface area contributed by atoms with Crippen molar-refractivity contribution in [3.05, 3.63) is 17.8 Å². The van der Waals surface area contributed by atoms with E-state index >= 15 is 0 Å². The summed E-state index contributed by atoms with van der Waals surface area (Å²) >= 11 is 0. The maximum atomic E-state index is 11.3. The molecule has 0 aliphatic rings. The number of carbonyl (C=O) groups excluding carboxylic acids is 1. The highest BCUT2D eigenvalue weighted by Crippen LogP contribution is 2.22. The zero-order valence-electron chi connectivity index (χ0n) is 8.84. The first-order valence-corrected chi connectivity index (χ1v) is 4.38. The molecule has 5 heteroatoms. The van der Waals surface area contributed by atoms with Gasteiger partial charge in [-0.05, 0) is 0 Å². The Bertz CT molecular complexity index is 325. The van der Waals surface area contributed by atoms with Gasteiger partial charge in [0.1, 0.15) is 5.76 Å². The molecule has 14 heavy (non-hydrogen) atoms. The summed E-state index contributed by atoms with van der Waals surface area (Å²) in [6, 6.07) is 0. The van der Waals surface area contributed by atoms with Crippen molar-refractivity contribution in [3.63, 3.8) is 0 Å². The van der Waals surface area contributed by atoms with E-state index in [4.69, 9.17) is 4.42 Å². The van der Waals surface area contributed by atoms with Crippen LogP contribution in [0.5, 0.6) is 0 Å². The van der Waals surface area contributed by atoms with Crippen LogP contribution in [0.4, 0.5) is 0 Å². The summed E-state index contributed by atoms with van der Waals surface area (Å²) in [6.45, 7) is 5.98. The van der Waals surface area contributed by atoms with Crippen LogP contribution < -0.4 is 10.9 Å². The number of rotatable bonds is 2. The number of hydrogen-bond acceptors (Lipinski definition) is 4. The number of carbonyl (C=O) groups is 1. The minimum atomic E-state index is -0.372. The highest BCUT2D eigenvalue weighted by Gasteiger charge is 2.21. The predicted molar refractivity (Wildman–Crippen MR) is 51.7 cm³/mol. The minimum Gasteiger partial charge on any atom is -0.437 e. The zero-order valence-corrected chi connectivity index (χ0v) is 8.84. The second kappa shape index (κ2) is 3.79. The molecule has 0 atom stereocenters. The van der Waals surface area contributed by atoms with Gasteiger partial charge in [-0.3, -0.25) is 10.2 Å². The lowest BCUT2D eigenvalue weighted by molar-refractivity contribution is 0.0899. The van der Waals surface area contributed by atoms with Crippen LogP contribution in [0.1, 0.15) is 37.2 Å². The van der Waals surface area contributed by atoms with Crippen LogP contribution in [0.3, 0.4) is 0 Å². The SMILES string of the molecule is CNNC(=O)c1ncc(C(C)(C)C)o1. The van der Waals surface area contributed by atoms with Crippen molar-refractivity contribution in [1.82, 2.24) is 15.8 Å². The normalized spacial score (nSPS) is 11.4. The third-order valence-corrected chi connectivity index (χ3v) is 1.68. The number of nitrogens with zero attached hydrogens (tertiary/aromatic N) is 1. The highest BCUT2D eigenvalue weighted by atomic mass is 16.4. The zero-order chi connectivity index (χ0) is 10.8. The van der Waals surface area contributed by atoms with Crippen molar-refractivity contribution >= 4 is 5.91 Å². The molecule has 1 aromatic rings. The third kappa shape index (κ3) is 2.32. The molecule has 0 bridgehead atoms. The van der Waals surface area contributed by atoms with E-state index in [-0.39, 0.29) is 17.2 Å². The molecule has 5 nitrogen and oxygen atoms in total. The lowest BCUT2D eigenvalue weighted by Gasteiger charge is -2.12. The summed E-state index contributed by atoms with van der Waals surface area (Å²) in [5, 5.41) is 0. The maximum Gasteiger partial charge on any atom is 0.321 e. The molecule has 1 heterocycles. The van der Waals surface area contributed by atoms with Crippen molar-refractivity contribution in [2.45, 2.75) is 26.2 Å². The van der Waals surface area contributed by atoms with Crippen molar-refractivity contribution in [2.75, 3.05) is 7.05 Å². The molecular weight excluding hydrogens is 182 g/mol. The fourth-order valence-corrected chi connectivity index (χ4v) is 0.893. The summed E-state index contributed by atoms with van der Waals surface area (Å²) in [5.41, 5.74) is 4.76. The molecule has 0 radical (unpaired) electrons. The third-order valence-electron chi connectivity index (χ3n) is 1.68. The maximum absolute atomic E-state index is 11.3. The molecule has 0 aliphatic heterocycles. The fourth-order valence-electron chi connectivity index (χ4n) is 0.893. The Kier molecular flexibility index (Phi) is 2.90. The van der Waals surface area contributed by atoms with Gasteiger partial charge in [-0.2, -0.15) is 0 Å². The molecule has 0 fully saturated rings. The smallest absolute Gasteiger partial charge is 0.321 e. The molecular formula is C9H15N3O2. The molecule has 1 rings (SSSR count). The van der Waals surface area contributed by atoms with E-state index in [9.17, 15) is 4.79 Å². The Hall–Kier alpha value is -1.36. The number of oxazole rings is 1. The predicted octanol–water partition coefficient (Wildman–Crippen LogP) is 0.836. The Labute approximate surface area is 82.9 Å². The van der Waals surface area contributed by atoms with Crippen LogP contribution >= 0.6 is 0 Å². The summed E-state index contributed by atoms with van der Waals surface area (Å²) in [6.07, 6.45) is 1.57. The molecule has 2 N–H and O–H groups in total. The van der Waals surface area contributed by atoms with E-state index in [0.29, 0.717) is 5.76 Å². The molecule has 0 saturated carbocycles. The molecule has 0 unspecified atom stereocenters. The van der Waals surface area contributed by atoms with Gasteiger partial charge < -0.3 is 4.42 Å². The lowest BCUT2D eigenvalue weighted by Crippen LogP contribution is -2.34. The van der Waals surface area contributed by atoms with Gasteiger partial charge in [0.15, 0.2) is 0 Å². The van der Waals surface area contributed by atoms with E-state index in [1.54, 1.807) is 13.2 Å². The number of amides is 1. The highest BCUT2D eigenvalue weighted by molar-refractivity contribution is 5.89. The van der Waals surface area contributed by atoms with Gasteiger partial charge in [-0.15, -0.1) is 0 Å². The monoisotopic (exact) mass is 197 g/mol. The summed E-state index contributed by atoms with van der Waals surface area (Å²) in [5.74, 6) is 0.394. The fraction of sp³-hybridized carbons (Fsp3) is 0.556. The van der Waals surface area contributed by atoms with Crippen LogP contribution in [0, 0.1) is 0 Å². The summed E-state index contributed by atoms with van der Waals surface area (Å²) in [7, 11) is 1.60. The topological polar surface area (TPSA) is 67.2 Å². The van der Waals surface area contributed by atoms with E-state index in [1.165, 1.54) is 0 Å². The number of hydrazine groups is 1.